The third-order valence-electron chi connectivity index (χ3n) is 2.61. The van der Waals surface area contributed by atoms with Crippen LogP contribution in [-0.4, -0.2) is 12.1 Å². The molecule has 0 N–H and O–H groups in total. The van der Waals surface area contributed by atoms with E-state index >= 15 is 0 Å². The van der Waals surface area contributed by atoms with Gasteiger partial charge in [-0.15, -0.1) is 13.2 Å². The number of ether oxygens (including phenoxy) is 1. The predicted octanol–water partition coefficient (Wildman–Crippen LogP) is 5.49. The van der Waals surface area contributed by atoms with Gasteiger partial charge in [0.2, 0.25) is 0 Å². The van der Waals surface area contributed by atoms with Crippen molar-refractivity contribution in [2.75, 3.05) is 0 Å². The average Bonchev–Trinajstić information content (AvgIpc) is 2.39. The molecule has 6 heteroatoms. The Hall–Kier alpha value is -1.82. The third-order valence-corrected chi connectivity index (χ3v) is 3.10. The summed E-state index contributed by atoms with van der Waals surface area (Å²) in [6.07, 6.45) is -4.68. The van der Waals surface area contributed by atoms with E-state index < -0.39 is 6.36 Å². The van der Waals surface area contributed by atoms with Crippen molar-refractivity contribution in [3.8, 4) is 5.75 Å². The maximum atomic E-state index is 12.1. The highest BCUT2D eigenvalue weighted by molar-refractivity contribution is 9.10. The number of alkyl halides is 3. The van der Waals surface area contributed by atoms with Gasteiger partial charge in [0.05, 0.1) is 5.69 Å². The van der Waals surface area contributed by atoms with Gasteiger partial charge in [-0.1, -0.05) is 28.1 Å². The Balaban J connectivity index is 2.17. The SMILES string of the molecule is CC(=Nc1ccc(OC(F)(F)F)cc1)c1cccc(Br)c1. The summed E-state index contributed by atoms with van der Waals surface area (Å²) in [7, 11) is 0. The van der Waals surface area contributed by atoms with Crippen LogP contribution < -0.4 is 4.74 Å². The first-order valence-electron chi connectivity index (χ1n) is 6.00. The summed E-state index contributed by atoms with van der Waals surface area (Å²) < 4.78 is 40.9. The highest BCUT2D eigenvalue weighted by Gasteiger charge is 2.30. The van der Waals surface area contributed by atoms with E-state index in [0.717, 1.165) is 15.7 Å². The number of hydrogen-bond acceptors (Lipinski definition) is 2. The normalized spacial score (nSPS) is 12.3. The maximum Gasteiger partial charge on any atom is 0.573 e. The van der Waals surface area contributed by atoms with Crippen LogP contribution in [-0.2, 0) is 0 Å². The Kier molecular flexibility index (Phi) is 4.67. The van der Waals surface area contributed by atoms with Gasteiger partial charge in [-0.25, -0.2) is 0 Å². The first kappa shape index (κ1) is 15.6. The molecule has 0 amide bonds. The lowest BCUT2D eigenvalue weighted by Crippen LogP contribution is -2.16. The Morgan fingerprint density at radius 3 is 2.33 bits per heavy atom. The summed E-state index contributed by atoms with van der Waals surface area (Å²) >= 11 is 3.38. The van der Waals surface area contributed by atoms with Gasteiger partial charge in [-0.2, -0.15) is 0 Å². The van der Waals surface area contributed by atoms with E-state index in [0.29, 0.717) is 5.69 Å². The Morgan fingerprint density at radius 2 is 1.76 bits per heavy atom. The average molecular weight is 358 g/mol. The highest BCUT2D eigenvalue weighted by Crippen LogP contribution is 2.25. The molecule has 2 aromatic carbocycles. The quantitative estimate of drug-likeness (QED) is 0.665. The van der Waals surface area contributed by atoms with Crippen molar-refractivity contribution in [1.82, 2.24) is 0 Å². The van der Waals surface area contributed by atoms with Crippen molar-refractivity contribution in [3.63, 3.8) is 0 Å². The maximum absolute atomic E-state index is 12.1. The molecule has 2 nitrogen and oxygen atoms in total. The lowest BCUT2D eigenvalue weighted by molar-refractivity contribution is -0.274. The summed E-state index contributed by atoms with van der Waals surface area (Å²) in [5.41, 5.74) is 2.25. The Labute approximate surface area is 128 Å². The smallest absolute Gasteiger partial charge is 0.406 e. The van der Waals surface area contributed by atoms with Crippen molar-refractivity contribution in [3.05, 3.63) is 58.6 Å². The van der Waals surface area contributed by atoms with E-state index in [9.17, 15) is 13.2 Å². The first-order valence-corrected chi connectivity index (χ1v) is 6.80. The van der Waals surface area contributed by atoms with E-state index in [2.05, 4.69) is 25.7 Å². The van der Waals surface area contributed by atoms with Crippen LogP contribution in [0, 0.1) is 0 Å². The lowest BCUT2D eigenvalue weighted by Gasteiger charge is -2.08. The van der Waals surface area contributed by atoms with Gasteiger partial charge < -0.3 is 4.74 Å². The van der Waals surface area contributed by atoms with Crippen LogP contribution in [0.4, 0.5) is 18.9 Å². The largest absolute Gasteiger partial charge is 0.573 e. The van der Waals surface area contributed by atoms with Gasteiger partial charge in [-0.05, 0) is 48.9 Å². The fourth-order valence-electron chi connectivity index (χ4n) is 1.69. The van der Waals surface area contributed by atoms with E-state index in [1.54, 1.807) is 0 Å². The number of aliphatic imine (C=N–C) groups is 1. The molecular weight excluding hydrogens is 347 g/mol. The highest BCUT2D eigenvalue weighted by atomic mass is 79.9. The van der Waals surface area contributed by atoms with Crippen molar-refractivity contribution in [1.29, 1.82) is 0 Å². The Morgan fingerprint density at radius 1 is 1.10 bits per heavy atom. The summed E-state index contributed by atoms with van der Waals surface area (Å²) in [6, 6.07) is 13.0. The number of rotatable bonds is 3. The molecule has 21 heavy (non-hydrogen) atoms. The fraction of sp³-hybridized carbons (Fsp3) is 0.133. The second kappa shape index (κ2) is 6.30. The van der Waals surface area contributed by atoms with Crippen LogP contribution in [0.15, 0.2) is 58.0 Å². The van der Waals surface area contributed by atoms with Crippen molar-refractivity contribution >= 4 is 27.3 Å². The van der Waals surface area contributed by atoms with Gasteiger partial charge >= 0.3 is 6.36 Å². The van der Waals surface area contributed by atoms with Crippen LogP contribution in [0.25, 0.3) is 0 Å². The second-order valence-corrected chi connectivity index (χ2v) is 5.16. The Bertz CT molecular complexity index is 651. The molecular formula is C15H11BrF3NO. The molecule has 110 valence electrons. The summed E-state index contributed by atoms with van der Waals surface area (Å²) in [4.78, 5) is 4.37. The molecule has 0 heterocycles. The number of hydrogen-bond donors (Lipinski definition) is 0. The molecule has 0 radical (unpaired) electrons. The van der Waals surface area contributed by atoms with Gasteiger partial charge in [0.25, 0.3) is 0 Å². The molecule has 0 atom stereocenters. The van der Waals surface area contributed by atoms with Crippen LogP contribution >= 0.6 is 15.9 Å². The standard InChI is InChI=1S/C15H11BrF3NO/c1-10(11-3-2-4-12(16)9-11)20-13-5-7-14(8-6-13)21-15(17,18)19/h2-9H,1H3. The molecule has 0 bridgehead atoms. The molecule has 2 aromatic rings. The topological polar surface area (TPSA) is 21.6 Å². The van der Waals surface area contributed by atoms with Gasteiger partial charge in [0, 0.05) is 10.2 Å². The van der Waals surface area contributed by atoms with Crippen LogP contribution in [0.2, 0.25) is 0 Å². The third kappa shape index (κ3) is 4.90. The van der Waals surface area contributed by atoms with E-state index in [-0.39, 0.29) is 5.75 Å². The fourth-order valence-corrected chi connectivity index (χ4v) is 2.09. The molecule has 0 aliphatic rings. The van der Waals surface area contributed by atoms with Crippen LogP contribution in [0.3, 0.4) is 0 Å². The summed E-state index contributed by atoms with van der Waals surface area (Å²) in [5.74, 6) is -0.262. The molecule has 0 fully saturated rings. The molecule has 0 saturated carbocycles. The summed E-state index contributed by atoms with van der Waals surface area (Å²) in [5, 5.41) is 0. The molecule has 0 aromatic heterocycles. The van der Waals surface area contributed by atoms with Gasteiger partial charge in [0.1, 0.15) is 5.75 Å². The first-order chi connectivity index (χ1) is 9.83. The molecule has 0 aliphatic heterocycles. The molecule has 0 aliphatic carbocycles. The molecule has 2 rings (SSSR count). The zero-order valence-electron chi connectivity index (χ0n) is 11.0. The zero-order chi connectivity index (χ0) is 15.5. The van der Waals surface area contributed by atoms with Crippen LogP contribution in [0.1, 0.15) is 12.5 Å². The van der Waals surface area contributed by atoms with E-state index in [1.807, 2.05) is 31.2 Å². The van der Waals surface area contributed by atoms with Crippen molar-refractivity contribution < 1.29 is 17.9 Å². The number of benzene rings is 2. The van der Waals surface area contributed by atoms with E-state index in [4.69, 9.17) is 0 Å². The van der Waals surface area contributed by atoms with Gasteiger partial charge in [0.15, 0.2) is 0 Å². The molecule has 0 spiro atoms. The number of halogens is 4. The van der Waals surface area contributed by atoms with Crippen molar-refractivity contribution in [2.45, 2.75) is 13.3 Å². The monoisotopic (exact) mass is 357 g/mol. The minimum absolute atomic E-state index is 0.262. The number of nitrogens with zero attached hydrogens (tertiary/aromatic N) is 1. The molecule has 0 unspecified atom stereocenters. The summed E-state index contributed by atoms with van der Waals surface area (Å²) in [6.45, 7) is 1.84. The van der Waals surface area contributed by atoms with Gasteiger partial charge in [-0.3, -0.25) is 4.99 Å². The minimum atomic E-state index is -4.68. The zero-order valence-corrected chi connectivity index (χ0v) is 12.6. The predicted molar refractivity (Wildman–Crippen MR) is 79.1 cm³/mol. The van der Waals surface area contributed by atoms with Crippen molar-refractivity contribution in [2.24, 2.45) is 4.99 Å². The lowest BCUT2D eigenvalue weighted by atomic mass is 10.1. The minimum Gasteiger partial charge on any atom is -0.406 e. The van der Waals surface area contributed by atoms with E-state index in [1.165, 1.54) is 24.3 Å². The second-order valence-electron chi connectivity index (χ2n) is 4.25. The van der Waals surface area contributed by atoms with Crippen LogP contribution in [0.5, 0.6) is 5.75 Å². The molecule has 0 saturated heterocycles.